The average molecular weight is 226 g/mol. The fraction of sp³-hybridized carbons (Fsp3) is 0.500. The molecule has 0 radical (unpaired) electrons. The molecule has 3 heteroatoms. The van der Waals surface area contributed by atoms with Gasteiger partial charge in [-0.15, -0.1) is 0 Å². The number of halogens is 1. The van der Waals surface area contributed by atoms with Crippen molar-refractivity contribution in [2.45, 2.75) is 12.3 Å². The number of hydrogen-bond acceptors (Lipinski definition) is 2. The summed E-state index contributed by atoms with van der Waals surface area (Å²) in [5.74, 6) is 0. The van der Waals surface area contributed by atoms with Crippen LogP contribution >= 0.6 is 11.6 Å². The van der Waals surface area contributed by atoms with Crippen LogP contribution in [-0.4, -0.2) is 26.3 Å². The highest BCUT2D eigenvalue weighted by Crippen LogP contribution is 2.26. The molecule has 1 unspecified atom stereocenters. The lowest BCUT2D eigenvalue weighted by Crippen LogP contribution is -2.36. The summed E-state index contributed by atoms with van der Waals surface area (Å²) in [7, 11) is 0. The topological polar surface area (TPSA) is 21.3 Å². The van der Waals surface area contributed by atoms with Crippen LogP contribution in [0.2, 0.25) is 5.02 Å². The molecular weight excluding hydrogens is 210 g/mol. The predicted octanol–water partition coefficient (Wildman–Crippen LogP) is 2.22. The Morgan fingerprint density at radius 3 is 3.13 bits per heavy atom. The molecule has 15 heavy (non-hydrogen) atoms. The van der Waals surface area contributed by atoms with E-state index < -0.39 is 0 Å². The van der Waals surface area contributed by atoms with Crippen molar-refractivity contribution in [3.63, 3.8) is 0 Å². The van der Waals surface area contributed by atoms with Crippen molar-refractivity contribution in [3.05, 3.63) is 34.9 Å². The van der Waals surface area contributed by atoms with Gasteiger partial charge in [0.05, 0.1) is 13.2 Å². The molecule has 0 aliphatic carbocycles. The standard InChI is InChI=1S/C12H16ClNO/c1-12(8-14-5-6-15-9-12)10-3-2-4-11(13)7-10/h2-4,7,14H,5-6,8-9H2,1H3. The van der Waals surface area contributed by atoms with Gasteiger partial charge >= 0.3 is 0 Å². The number of ether oxygens (including phenoxy) is 1. The Labute approximate surface area is 95.6 Å². The largest absolute Gasteiger partial charge is 0.379 e. The van der Waals surface area contributed by atoms with Gasteiger partial charge in [0.25, 0.3) is 0 Å². The minimum atomic E-state index is 0.0292. The SMILES string of the molecule is CC1(c2cccc(Cl)c2)CNCCOC1. The Kier molecular flexibility index (Phi) is 3.29. The van der Waals surface area contributed by atoms with Gasteiger partial charge < -0.3 is 10.1 Å². The molecule has 2 nitrogen and oxygen atoms in total. The highest BCUT2D eigenvalue weighted by molar-refractivity contribution is 6.30. The van der Waals surface area contributed by atoms with Gasteiger partial charge in [-0.25, -0.2) is 0 Å². The third-order valence-corrected chi connectivity index (χ3v) is 3.12. The second-order valence-corrected chi connectivity index (χ2v) is 4.74. The first-order chi connectivity index (χ1) is 7.21. The Morgan fingerprint density at radius 1 is 1.47 bits per heavy atom. The van der Waals surface area contributed by atoms with E-state index in [4.69, 9.17) is 16.3 Å². The molecule has 1 fully saturated rings. The summed E-state index contributed by atoms with van der Waals surface area (Å²) in [5, 5.41) is 4.18. The van der Waals surface area contributed by atoms with Gasteiger partial charge in [-0.3, -0.25) is 0 Å². The van der Waals surface area contributed by atoms with Crippen LogP contribution in [-0.2, 0) is 10.2 Å². The monoisotopic (exact) mass is 225 g/mol. The zero-order chi connectivity index (χ0) is 10.7. The summed E-state index contributed by atoms with van der Waals surface area (Å²) >= 11 is 6.01. The molecule has 82 valence electrons. The van der Waals surface area contributed by atoms with Gasteiger partial charge in [0.15, 0.2) is 0 Å². The van der Waals surface area contributed by atoms with Crippen LogP contribution in [0.25, 0.3) is 0 Å². The van der Waals surface area contributed by atoms with E-state index in [-0.39, 0.29) is 5.41 Å². The minimum absolute atomic E-state index is 0.0292. The fourth-order valence-corrected chi connectivity index (χ4v) is 2.10. The molecule has 0 bridgehead atoms. The predicted molar refractivity (Wildman–Crippen MR) is 62.5 cm³/mol. The highest BCUT2D eigenvalue weighted by Gasteiger charge is 2.28. The van der Waals surface area contributed by atoms with E-state index in [2.05, 4.69) is 18.3 Å². The zero-order valence-corrected chi connectivity index (χ0v) is 9.68. The van der Waals surface area contributed by atoms with Crippen LogP contribution in [0.1, 0.15) is 12.5 Å². The summed E-state index contributed by atoms with van der Waals surface area (Å²) < 4.78 is 5.60. The van der Waals surface area contributed by atoms with Gasteiger partial charge in [-0.1, -0.05) is 30.7 Å². The first kappa shape index (κ1) is 10.9. The van der Waals surface area contributed by atoms with Gasteiger partial charge in [-0.05, 0) is 17.7 Å². The van der Waals surface area contributed by atoms with Crippen LogP contribution in [0.5, 0.6) is 0 Å². The van der Waals surface area contributed by atoms with Gasteiger partial charge in [0.1, 0.15) is 0 Å². The van der Waals surface area contributed by atoms with Crippen LogP contribution in [0.15, 0.2) is 24.3 Å². The van der Waals surface area contributed by atoms with E-state index in [1.807, 2.05) is 18.2 Å². The Morgan fingerprint density at radius 2 is 2.33 bits per heavy atom. The van der Waals surface area contributed by atoms with E-state index in [1.165, 1.54) is 5.56 Å². The maximum absolute atomic E-state index is 6.01. The van der Waals surface area contributed by atoms with E-state index in [1.54, 1.807) is 0 Å². The quantitative estimate of drug-likeness (QED) is 0.792. The summed E-state index contributed by atoms with van der Waals surface area (Å²) in [4.78, 5) is 0. The zero-order valence-electron chi connectivity index (χ0n) is 8.92. The molecule has 1 aliphatic rings. The molecule has 0 aromatic heterocycles. The lowest BCUT2D eigenvalue weighted by atomic mass is 9.83. The second-order valence-electron chi connectivity index (χ2n) is 4.30. The van der Waals surface area contributed by atoms with Crippen molar-refractivity contribution in [2.24, 2.45) is 0 Å². The van der Waals surface area contributed by atoms with Crippen molar-refractivity contribution >= 4 is 11.6 Å². The van der Waals surface area contributed by atoms with Gasteiger partial charge in [0.2, 0.25) is 0 Å². The molecule has 0 spiro atoms. The third-order valence-electron chi connectivity index (χ3n) is 2.88. The van der Waals surface area contributed by atoms with E-state index in [0.29, 0.717) is 0 Å². The number of nitrogens with one attached hydrogen (secondary N) is 1. The lowest BCUT2D eigenvalue weighted by Gasteiger charge is -2.28. The maximum Gasteiger partial charge on any atom is 0.0591 e. The molecule has 1 aliphatic heterocycles. The van der Waals surface area contributed by atoms with Gasteiger partial charge in [0, 0.05) is 23.5 Å². The molecule has 1 N–H and O–H groups in total. The Hall–Kier alpha value is -0.570. The first-order valence-corrected chi connectivity index (χ1v) is 5.63. The summed E-state index contributed by atoms with van der Waals surface area (Å²) in [5.41, 5.74) is 1.27. The average Bonchev–Trinajstić information content (AvgIpc) is 2.44. The van der Waals surface area contributed by atoms with E-state index in [0.717, 1.165) is 31.3 Å². The maximum atomic E-state index is 6.01. The van der Waals surface area contributed by atoms with E-state index in [9.17, 15) is 0 Å². The molecular formula is C12H16ClNO. The summed E-state index contributed by atoms with van der Waals surface area (Å²) in [6.07, 6.45) is 0. The molecule has 1 aromatic carbocycles. The molecule has 1 aromatic rings. The summed E-state index contributed by atoms with van der Waals surface area (Å²) in [6, 6.07) is 8.04. The smallest absolute Gasteiger partial charge is 0.0591 e. The van der Waals surface area contributed by atoms with Crippen molar-refractivity contribution in [3.8, 4) is 0 Å². The van der Waals surface area contributed by atoms with Crippen molar-refractivity contribution < 1.29 is 4.74 Å². The number of benzene rings is 1. The van der Waals surface area contributed by atoms with Crippen LogP contribution < -0.4 is 5.32 Å². The minimum Gasteiger partial charge on any atom is -0.379 e. The van der Waals surface area contributed by atoms with Gasteiger partial charge in [-0.2, -0.15) is 0 Å². The van der Waals surface area contributed by atoms with Crippen molar-refractivity contribution in [2.75, 3.05) is 26.3 Å². The Balaban J connectivity index is 2.26. The van der Waals surface area contributed by atoms with Crippen LogP contribution in [0.4, 0.5) is 0 Å². The van der Waals surface area contributed by atoms with E-state index >= 15 is 0 Å². The summed E-state index contributed by atoms with van der Waals surface area (Å²) in [6.45, 7) is 5.61. The molecule has 1 heterocycles. The number of hydrogen-bond donors (Lipinski definition) is 1. The molecule has 1 saturated heterocycles. The lowest BCUT2D eigenvalue weighted by molar-refractivity contribution is 0.113. The molecule has 1 atom stereocenters. The normalized spacial score (nSPS) is 27.3. The van der Waals surface area contributed by atoms with Crippen molar-refractivity contribution in [1.82, 2.24) is 5.32 Å². The fourth-order valence-electron chi connectivity index (χ4n) is 1.91. The molecule has 0 saturated carbocycles. The molecule has 2 rings (SSSR count). The van der Waals surface area contributed by atoms with Crippen LogP contribution in [0, 0.1) is 0 Å². The number of rotatable bonds is 1. The molecule has 0 amide bonds. The Bertz CT molecular complexity index is 332. The van der Waals surface area contributed by atoms with Crippen LogP contribution in [0.3, 0.4) is 0 Å². The highest BCUT2D eigenvalue weighted by atomic mass is 35.5. The van der Waals surface area contributed by atoms with Crippen molar-refractivity contribution in [1.29, 1.82) is 0 Å². The second kappa shape index (κ2) is 4.52. The first-order valence-electron chi connectivity index (χ1n) is 5.25. The third kappa shape index (κ3) is 2.51.